The largest absolute Gasteiger partial charge is 0.497 e. The molecule has 4 heteroatoms. The molecule has 2 aliphatic rings. The number of rotatable bonds is 5. The van der Waals surface area contributed by atoms with Crippen LogP contribution in [0.5, 0.6) is 11.5 Å². The SMILES string of the molecule is COc1ccc(OC)c(CN2CCN(C3CCCC3)CC2)c1. The van der Waals surface area contributed by atoms with Crippen molar-refractivity contribution in [1.29, 1.82) is 0 Å². The Morgan fingerprint density at radius 3 is 2.36 bits per heavy atom. The minimum Gasteiger partial charge on any atom is -0.497 e. The summed E-state index contributed by atoms with van der Waals surface area (Å²) >= 11 is 0. The topological polar surface area (TPSA) is 24.9 Å². The van der Waals surface area contributed by atoms with E-state index in [0.717, 1.165) is 37.2 Å². The van der Waals surface area contributed by atoms with E-state index in [1.54, 1.807) is 14.2 Å². The molecule has 0 aromatic heterocycles. The van der Waals surface area contributed by atoms with Crippen molar-refractivity contribution in [3.8, 4) is 11.5 Å². The van der Waals surface area contributed by atoms with E-state index in [9.17, 15) is 0 Å². The van der Waals surface area contributed by atoms with Gasteiger partial charge in [0.25, 0.3) is 0 Å². The van der Waals surface area contributed by atoms with Crippen molar-refractivity contribution in [2.45, 2.75) is 38.3 Å². The Kier molecular flexibility index (Phi) is 5.21. The highest BCUT2D eigenvalue weighted by Gasteiger charge is 2.26. The molecule has 1 aromatic rings. The molecule has 0 radical (unpaired) electrons. The van der Waals surface area contributed by atoms with Gasteiger partial charge in [-0.15, -0.1) is 0 Å². The van der Waals surface area contributed by atoms with Gasteiger partial charge in [0.2, 0.25) is 0 Å². The first kappa shape index (κ1) is 15.6. The second-order valence-electron chi connectivity index (χ2n) is 6.43. The monoisotopic (exact) mass is 304 g/mol. The fraction of sp³-hybridized carbons (Fsp3) is 0.667. The number of hydrogen-bond donors (Lipinski definition) is 0. The zero-order valence-electron chi connectivity index (χ0n) is 13.9. The molecule has 1 aromatic carbocycles. The maximum atomic E-state index is 5.50. The first-order valence-electron chi connectivity index (χ1n) is 8.47. The highest BCUT2D eigenvalue weighted by atomic mass is 16.5. The van der Waals surface area contributed by atoms with Crippen LogP contribution in [-0.2, 0) is 6.54 Å². The van der Waals surface area contributed by atoms with Crippen molar-refractivity contribution in [3.63, 3.8) is 0 Å². The van der Waals surface area contributed by atoms with Gasteiger partial charge in [-0.05, 0) is 31.0 Å². The predicted molar refractivity (Wildman–Crippen MR) is 88.7 cm³/mol. The summed E-state index contributed by atoms with van der Waals surface area (Å²) in [6.07, 6.45) is 5.66. The third-order valence-electron chi connectivity index (χ3n) is 5.13. The molecule has 0 spiro atoms. The van der Waals surface area contributed by atoms with Crippen LogP contribution in [0.1, 0.15) is 31.2 Å². The van der Waals surface area contributed by atoms with Gasteiger partial charge in [-0.2, -0.15) is 0 Å². The summed E-state index contributed by atoms with van der Waals surface area (Å²) in [5.41, 5.74) is 1.22. The van der Waals surface area contributed by atoms with E-state index in [1.165, 1.54) is 44.3 Å². The maximum Gasteiger partial charge on any atom is 0.123 e. The first-order valence-corrected chi connectivity index (χ1v) is 8.47. The summed E-state index contributed by atoms with van der Waals surface area (Å²) in [5, 5.41) is 0. The van der Waals surface area contributed by atoms with Gasteiger partial charge < -0.3 is 9.47 Å². The number of methoxy groups -OCH3 is 2. The van der Waals surface area contributed by atoms with Crippen molar-refractivity contribution in [2.24, 2.45) is 0 Å². The first-order chi connectivity index (χ1) is 10.8. The number of piperazine rings is 1. The van der Waals surface area contributed by atoms with E-state index in [2.05, 4.69) is 15.9 Å². The average molecular weight is 304 g/mol. The van der Waals surface area contributed by atoms with Crippen molar-refractivity contribution < 1.29 is 9.47 Å². The van der Waals surface area contributed by atoms with Crippen LogP contribution in [-0.4, -0.2) is 56.2 Å². The van der Waals surface area contributed by atoms with Crippen molar-refractivity contribution in [1.82, 2.24) is 9.80 Å². The molecular weight excluding hydrogens is 276 g/mol. The summed E-state index contributed by atoms with van der Waals surface area (Å²) in [4.78, 5) is 5.23. The zero-order chi connectivity index (χ0) is 15.4. The van der Waals surface area contributed by atoms with Crippen LogP contribution in [0.2, 0.25) is 0 Å². The molecule has 122 valence electrons. The molecular formula is C18H28N2O2. The van der Waals surface area contributed by atoms with Crippen LogP contribution in [0.15, 0.2) is 18.2 Å². The molecule has 22 heavy (non-hydrogen) atoms. The third-order valence-corrected chi connectivity index (χ3v) is 5.13. The summed E-state index contributed by atoms with van der Waals surface area (Å²) in [7, 11) is 3.45. The Morgan fingerprint density at radius 2 is 1.73 bits per heavy atom. The molecule has 2 fully saturated rings. The van der Waals surface area contributed by atoms with Gasteiger partial charge in [0.15, 0.2) is 0 Å². The molecule has 0 amide bonds. The molecule has 4 nitrogen and oxygen atoms in total. The maximum absolute atomic E-state index is 5.50. The molecule has 1 aliphatic carbocycles. The molecule has 0 unspecified atom stereocenters. The van der Waals surface area contributed by atoms with Crippen molar-refractivity contribution >= 4 is 0 Å². The predicted octanol–water partition coefficient (Wildman–Crippen LogP) is 2.76. The normalized spacial score (nSPS) is 21.2. The van der Waals surface area contributed by atoms with Crippen molar-refractivity contribution in [2.75, 3.05) is 40.4 Å². The quantitative estimate of drug-likeness (QED) is 0.835. The second kappa shape index (κ2) is 7.34. The van der Waals surface area contributed by atoms with Gasteiger partial charge >= 0.3 is 0 Å². The van der Waals surface area contributed by atoms with Gasteiger partial charge in [-0.3, -0.25) is 9.80 Å². The van der Waals surface area contributed by atoms with E-state index in [-0.39, 0.29) is 0 Å². The Balaban J connectivity index is 1.58. The van der Waals surface area contributed by atoms with E-state index < -0.39 is 0 Å². The van der Waals surface area contributed by atoms with E-state index >= 15 is 0 Å². The highest BCUT2D eigenvalue weighted by molar-refractivity contribution is 5.40. The standard InChI is InChI=1S/C18H28N2O2/c1-21-17-7-8-18(22-2)15(13-17)14-19-9-11-20(12-10-19)16-5-3-4-6-16/h7-8,13,16H,3-6,9-12,14H2,1-2H3. The smallest absolute Gasteiger partial charge is 0.123 e. The summed E-state index contributed by atoms with van der Waals surface area (Å²) in [5.74, 6) is 1.86. The Morgan fingerprint density at radius 1 is 1.00 bits per heavy atom. The van der Waals surface area contributed by atoms with Crippen LogP contribution < -0.4 is 9.47 Å². The molecule has 0 N–H and O–H groups in total. The molecule has 0 bridgehead atoms. The summed E-state index contributed by atoms with van der Waals surface area (Å²) < 4.78 is 10.8. The third kappa shape index (κ3) is 3.55. The van der Waals surface area contributed by atoms with Crippen molar-refractivity contribution in [3.05, 3.63) is 23.8 Å². The Labute approximate surface area is 134 Å². The zero-order valence-corrected chi connectivity index (χ0v) is 13.9. The number of ether oxygens (including phenoxy) is 2. The minimum atomic E-state index is 0.855. The van der Waals surface area contributed by atoms with Crippen LogP contribution in [0.4, 0.5) is 0 Å². The molecule has 1 saturated heterocycles. The fourth-order valence-corrected chi connectivity index (χ4v) is 3.80. The summed E-state index contributed by atoms with van der Waals surface area (Å²) in [6, 6.07) is 6.92. The molecule has 1 saturated carbocycles. The van der Waals surface area contributed by atoms with Crippen LogP contribution in [0.3, 0.4) is 0 Å². The van der Waals surface area contributed by atoms with E-state index in [4.69, 9.17) is 9.47 Å². The van der Waals surface area contributed by atoms with Crippen LogP contribution >= 0.6 is 0 Å². The van der Waals surface area contributed by atoms with E-state index in [1.807, 2.05) is 12.1 Å². The van der Waals surface area contributed by atoms with Gasteiger partial charge in [0.1, 0.15) is 11.5 Å². The van der Waals surface area contributed by atoms with Crippen LogP contribution in [0, 0.1) is 0 Å². The van der Waals surface area contributed by atoms with E-state index in [0.29, 0.717) is 0 Å². The number of benzene rings is 1. The second-order valence-corrected chi connectivity index (χ2v) is 6.43. The lowest BCUT2D eigenvalue weighted by molar-refractivity contribution is 0.0931. The highest BCUT2D eigenvalue weighted by Crippen LogP contribution is 2.27. The van der Waals surface area contributed by atoms with Gasteiger partial charge in [0, 0.05) is 44.3 Å². The lowest BCUT2D eigenvalue weighted by atomic mass is 10.1. The van der Waals surface area contributed by atoms with Gasteiger partial charge in [0.05, 0.1) is 14.2 Å². The number of hydrogen-bond acceptors (Lipinski definition) is 4. The van der Waals surface area contributed by atoms with Crippen LogP contribution in [0.25, 0.3) is 0 Å². The Hall–Kier alpha value is -1.26. The Bertz CT molecular complexity index is 478. The van der Waals surface area contributed by atoms with Gasteiger partial charge in [-0.1, -0.05) is 12.8 Å². The summed E-state index contributed by atoms with van der Waals surface area (Å²) in [6.45, 7) is 5.65. The molecule has 0 atom stereocenters. The lowest BCUT2D eigenvalue weighted by Crippen LogP contribution is -2.49. The molecule has 3 rings (SSSR count). The average Bonchev–Trinajstić information content (AvgIpc) is 3.10. The fourth-order valence-electron chi connectivity index (χ4n) is 3.80. The number of nitrogens with zero attached hydrogens (tertiary/aromatic N) is 2. The molecule has 1 aliphatic heterocycles. The molecule has 1 heterocycles. The van der Waals surface area contributed by atoms with Gasteiger partial charge in [-0.25, -0.2) is 0 Å². The lowest BCUT2D eigenvalue weighted by Gasteiger charge is -2.38. The minimum absolute atomic E-state index is 0.855.